The van der Waals surface area contributed by atoms with Gasteiger partial charge in [0.25, 0.3) is 0 Å². The minimum atomic E-state index is -4.75. The van der Waals surface area contributed by atoms with Gasteiger partial charge in [0.1, 0.15) is 23.4 Å². The molecule has 2 aromatic heterocycles. The van der Waals surface area contributed by atoms with Crippen molar-refractivity contribution in [1.29, 1.82) is 5.26 Å². The van der Waals surface area contributed by atoms with Crippen LogP contribution in [0.3, 0.4) is 0 Å². The summed E-state index contributed by atoms with van der Waals surface area (Å²) in [5.74, 6) is -3.48. The Balaban J connectivity index is 1.65. The molecule has 0 radical (unpaired) electrons. The maximum absolute atomic E-state index is 14.3. The molecule has 0 N–H and O–H groups in total. The van der Waals surface area contributed by atoms with Gasteiger partial charge in [0.05, 0.1) is 12.1 Å². The molecule has 0 aliphatic heterocycles. The average Bonchev–Trinajstić information content (AvgIpc) is 3.36. The van der Waals surface area contributed by atoms with Crippen LogP contribution in [0.25, 0.3) is 22.6 Å². The highest BCUT2D eigenvalue weighted by Gasteiger charge is 2.38. The number of benzene rings is 2. The molecule has 12 heteroatoms. The van der Waals surface area contributed by atoms with Crippen LogP contribution >= 0.6 is 0 Å². The number of hydrogen-bond acceptors (Lipinski definition) is 6. The van der Waals surface area contributed by atoms with E-state index in [9.17, 15) is 27.2 Å². The van der Waals surface area contributed by atoms with E-state index >= 15 is 0 Å². The van der Waals surface area contributed by atoms with Gasteiger partial charge in [0.15, 0.2) is 5.69 Å². The van der Waals surface area contributed by atoms with Crippen LogP contribution in [0.1, 0.15) is 17.1 Å². The van der Waals surface area contributed by atoms with Gasteiger partial charge in [0.2, 0.25) is 5.82 Å². The number of halogens is 5. The van der Waals surface area contributed by atoms with E-state index in [1.807, 2.05) is 0 Å². The molecular weight excluding hydrogens is 423 g/mol. The Bertz CT molecular complexity index is 1270. The summed E-state index contributed by atoms with van der Waals surface area (Å²) in [5, 5.41) is 20.0. The Morgan fingerprint density at radius 3 is 2.29 bits per heavy atom. The molecule has 0 spiro atoms. The number of nitrogens with zero attached hydrogens (tertiary/aromatic N) is 6. The van der Waals surface area contributed by atoms with E-state index in [2.05, 4.69) is 25.0 Å². The molecule has 0 atom stereocenters. The highest BCUT2D eigenvalue weighted by atomic mass is 19.4. The van der Waals surface area contributed by atoms with Crippen LogP contribution in [0.15, 0.2) is 47.0 Å². The van der Waals surface area contributed by atoms with Gasteiger partial charge in [-0.1, -0.05) is 40.7 Å². The van der Waals surface area contributed by atoms with E-state index in [0.717, 1.165) is 16.8 Å². The van der Waals surface area contributed by atoms with Crippen LogP contribution in [0.4, 0.5) is 22.0 Å². The summed E-state index contributed by atoms with van der Waals surface area (Å²) in [4.78, 5) is 3.30. The minimum Gasteiger partial charge on any atom is -0.329 e. The SMILES string of the molecule is N#Cc1nnn(Cc2ccc(-c3noc(C(F)(F)F)n3)cc2)c1-c1c(F)cccc1F. The third kappa shape index (κ3) is 3.85. The van der Waals surface area contributed by atoms with Crippen LogP contribution in [-0.2, 0) is 12.7 Å². The molecule has 0 saturated carbocycles. The second kappa shape index (κ2) is 7.60. The van der Waals surface area contributed by atoms with E-state index < -0.39 is 29.3 Å². The lowest BCUT2D eigenvalue weighted by Crippen LogP contribution is -2.06. The minimum absolute atomic E-state index is 0.0158. The number of rotatable bonds is 4. The molecule has 156 valence electrons. The predicted molar refractivity (Wildman–Crippen MR) is 93.9 cm³/mol. The quantitative estimate of drug-likeness (QED) is 0.449. The fourth-order valence-corrected chi connectivity index (χ4v) is 2.86. The molecule has 0 bridgehead atoms. The third-order valence-corrected chi connectivity index (χ3v) is 4.25. The summed E-state index contributed by atoms with van der Waals surface area (Å²) >= 11 is 0. The van der Waals surface area contributed by atoms with Crippen LogP contribution in [-0.4, -0.2) is 25.1 Å². The Hall–Kier alpha value is -4.14. The molecule has 4 rings (SSSR count). The van der Waals surface area contributed by atoms with Crippen molar-refractivity contribution in [2.75, 3.05) is 0 Å². The van der Waals surface area contributed by atoms with E-state index in [1.54, 1.807) is 6.07 Å². The first-order valence-electron chi connectivity index (χ1n) is 8.56. The number of alkyl halides is 3. The molecule has 2 aromatic carbocycles. The number of nitriles is 1. The summed E-state index contributed by atoms with van der Waals surface area (Å²) < 4.78 is 71.7. The van der Waals surface area contributed by atoms with Crippen LogP contribution < -0.4 is 0 Å². The predicted octanol–water partition coefficient (Wildman–Crippen LogP) is 4.21. The van der Waals surface area contributed by atoms with Gasteiger partial charge in [0, 0.05) is 5.56 Å². The molecule has 2 heterocycles. The first-order chi connectivity index (χ1) is 14.8. The first kappa shape index (κ1) is 20.1. The second-order valence-corrected chi connectivity index (χ2v) is 6.27. The largest absolute Gasteiger partial charge is 0.471 e. The fraction of sp³-hybridized carbons (Fsp3) is 0.105. The first-order valence-corrected chi connectivity index (χ1v) is 8.56. The summed E-state index contributed by atoms with van der Waals surface area (Å²) in [7, 11) is 0. The summed E-state index contributed by atoms with van der Waals surface area (Å²) in [6, 6.07) is 11.0. The van der Waals surface area contributed by atoms with Crippen molar-refractivity contribution in [3.05, 3.63) is 71.2 Å². The number of hydrogen-bond donors (Lipinski definition) is 0. The zero-order valence-corrected chi connectivity index (χ0v) is 15.2. The number of aromatic nitrogens is 5. The van der Waals surface area contributed by atoms with Crippen molar-refractivity contribution in [2.45, 2.75) is 12.7 Å². The van der Waals surface area contributed by atoms with Gasteiger partial charge in [-0.3, -0.25) is 0 Å². The van der Waals surface area contributed by atoms with Crippen LogP contribution in [0.2, 0.25) is 0 Å². The van der Waals surface area contributed by atoms with Crippen molar-refractivity contribution in [3.63, 3.8) is 0 Å². The van der Waals surface area contributed by atoms with Crippen molar-refractivity contribution in [2.24, 2.45) is 0 Å². The zero-order valence-electron chi connectivity index (χ0n) is 15.2. The lowest BCUT2D eigenvalue weighted by molar-refractivity contribution is -0.159. The lowest BCUT2D eigenvalue weighted by atomic mass is 10.1. The maximum Gasteiger partial charge on any atom is 0.471 e. The lowest BCUT2D eigenvalue weighted by Gasteiger charge is -2.09. The molecule has 0 fully saturated rings. The third-order valence-electron chi connectivity index (χ3n) is 4.25. The van der Waals surface area contributed by atoms with E-state index in [4.69, 9.17) is 0 Å². The van der Waals surface area contributed by atoms with Gasteiger partial charge in [-0.2, -0.15) is 23.4 Å². The van der Waals surface area contributed by atoms with E-state index in [-0.39, 0.29) is 29.3 Å². The van der Waals surface area contributed by atoms with Gasteiger partial charge < -0.3 is 4.52 Å². The maximum atomic E-state index is 14.3. The molecule has 0 saturated heterocycles. The fourth-order valence-electron chi connectivity index (χ4n) is 2.86. The van der Waals surface area contributed by atoms with E-state index in [1.165, 1.54) is 30.3 Å². The Morgan fingerprint density at radius 2 is 1.71 bits per heavy atom. The molecule has 0 aliphatic carbocycles. The van der Waals surface area contributed by atoms with Crippen molar-refractivity contribution in [3.8, 4) is 28.7 Å². The molecular formula is C19H9F5N6O. The summed E-state index contributed by atoms with van der Waals surface area (Å²) in [5.41, 5.74) is 0.00441. The zero-order chi connectivity index (χ0) is 22.2. The Morgan fingerprint density at radius 1 is 1.03 bits per heavy atom. The van der Waals surface area contributed by atoms with Gasteiger partial charge in [-0.15, -0.1) is 5.10 Å². The summed E-state index contributed by atoms with van der Waals surface area (Å²) in [6.45, 7) is -0.0158. The summed E-state index contributed by atoms with van der Waals surface area (Å²) in [6.07, 6.45) is -4.75. The van der Waals surface area contributed by atoms with Gasteiger partial charge in [-0.05, 0) is 17.7 Å². The van der Waals surface area contributed by atoms with Crippen LogP contribution in [0.5, 0.6) is 0 Å². The monoisotopic (exact) mass is 432 g/mol. The second-order valence-electron chi connectivity index (χ2n) is 6.27. The highest BCUT2D eigenvalue weighted by Crippen LogP contribution is 2.30. The normalized spacial score (nSPS) is 11.5. The average molecular weight is 432 g/mol. The molecule has 7 nitrogen and oxygen atoms in total. The smallest absolute Gasteiger partial charge is 0.329 e. The highest BCUT2D eigenvalue weighted by molar-refractivity contribution is 5.66. The standard InChI is InChI=1S/C19H9F5N6O/c20-12-2-1-3-13(21)15(12)16-14(8-25)27-29-30(16)9-10-4-6-11(7-5-10)17-26-18(31-28-17)19(22,23)24/h1-7H,9H2. The topological polar surface area (TPSA) is 93.4 Å². The van der Waals surface area contributed by atoms with E-state index in [0.29, 0.717) is 5.56 Å². The van der Waals surface area contributed by atoms with Gasteiger partial charge >= 0.3 is 12.1 Å². The molecule has 0 unspecified atom stereocenters. The molecule has 0 amide bonds. The Kier molecular flexibility index (Phi) is 4.94. The van der Waals surface area contributed by atoms with Gasteiger partial charge in [-0.25, -0.2) is 13.5 Å². The van der Waals surface area contributed by atoms with Crippen molar-refractivity contribution < 1.29 is 26.5 Å². The Labute approximate surface area is 170 Å². The van der Waals surface area contributed by atoms with Crippen LogP contribution in [0, 0.1) is 23.0 Å². The van der Waals surface area contributed by atoms with Crippen molar-refractivity contribution >= 4 is 0 Å². The molecule has 31 heavy (non-hydrogen) atoms. The molecule has 0 aliphatic rings. The van der Waals surface area contributed by atoms with Crippen molar-refractivity contribution in [1.82, 2.24) is 25.1 Å². The molecule has 4 aromatic rings.